The summed E-state index contributed by atoms with van der Waals surface area (Å²) in [5, 5.41) is 9.15. The van der Waals surface area contributed by atoms with Gasteiger partial charge in [0.2, 0.25) is 0 Å². The highest BCUT2D eigenvalue weighted by Gasteiger charge is 2.22. The number of hydrogen-bond donors (Lipinski definition) is 0. The van der Waals surface area contributed by atoms with E-state index in [0.29, 0.717) is 40.4 Å². The van der Waals surface area contributed by atoms with Crippen molar-refractivity contribution in [2.24, 2.45) is 0 Å². The molecule has 1 aliphatic rings. The van der Waals surface area contributed by atoms with E-state index in [1.807, 2.05) is 25.1 Å². The van der Waals surface area contributed by atoms with Crippen LogP contribution in [0.5, 0.6) is 11.5 Å². The fourth-order valence-electron chi connectivity index (χ4n) is 3.65. The van der Waals surface area contributed by atoms with Crippen molar-refractivity contribution in [1.82, 2.24) is 14.9 Å². The van der Waals surface area contributed by atoms with Crippen LogP contribution in [0.25, 0.3) is 22.2 Å². The van der Waals surface area contributed by atoms with Gasteiger partial charge in [-0.3, -0.25) is 4.79 Å². The highest BCUT2D eigenvalue weighted by atomic mass is 16.5. The summed E-state index contributed by atoms with van der Waals surface area (Å²) in [6, 6.07) is 5.71. The Kier molecular flexibility index (Phi) is 4.59. The van der Waals surface area contributed by atoms with Gasteiger partial charge in [0.05, 0.1) is 18.6 Å². The van der Waals surface area contributed by atoms with Crippen LogP contribution >= 0.6 is 0 Å². The lowest BCUT2D eigenvalue weighted by molar-refractivity contribution is 0.201. The van der Waals surface area contributed by atoms with Crippen LogP contribution < -0.4 is 15.0 Å². The molecule has 2 aromatic heterocycles. The molecule has 1 fully saturated rings. The van der Waals surface area contributed by atoms with Crippen LogP contribution in [-0.4, -0.2) is 28.2 Å². The minimum Gasteiger partial charge on any atom is -0.493 e. The number of aromatic nitrogens is 3. The third-order valence-corrected chi connectivity index (χ3v) is 5.09. The van der Waals surface area contributed by atoms with E-state index in [1.165, 1.54) is 17.5 Å². The van der Waals surface area contributed by atoms with Crippen molar-refractivity contribution in [3.63, 3.8) is 0 Å². The summed E-state index contributed by atoms with van der Waals surface area (Å²) in [5.74, 6) is 1.95. The molecule has 7 heteroatoms. The molecule has 0 radical (unpaired) electrons. The number of ether oxygens (including phenoxy) is 2. The molecule has 1 aliphatic carbocycles. The molecule has 0 aliphatic heterocycles. The lowest BCUT2D eigenvalue weighted by Crippen LogP contribution is -2.23. The monoisotopic (exact) mass is 369 g/mol. The molecule has 0 unspecified atom stereocenters. The number of fused-ring (bicyclic) bond motifs is 1. The quantitative estimate of drug-likeness (QED) is 0.682. The first-order valence-electron chi connectivity index (χ1n) is 9.34. The van der Waals surface area contributed by atoms with Crippen molar-refractivity contribution in [1.29, 1.82) is 0 Å². The summed E-state index contributed by atoms with van der Waals surface area (Å²) in [5.41, 5.74) is 1.55. The lowest BCUT2D eigenvalue weighted by Gasteiger charge is -2.17. The van der Waals surface area contributed by atoms with Gasteiger partial charge in [0.25, 0.3) is 5.56 Å². The summed E-state index contributed by atoms with van der Waals surface area (Å²) < 4.78 is 18.4. The summed E-state index contributed by atoms with van der Waals surface area (Å²) >= 11 is 0. The van der Waals surface area contributed by atoms with E-state index in [1.54, 1.807) is 14.0 Å². The van der Waals surface area contributed by atoms with Gasteiger partial charge in [-0.15, -0.1) is 0 Å². The molecule has 0 saturated heterocycles. The second-order valence-corrected chi connectivity index (χ2v) is 6.82. The van der Waals surface area contributed by atoms with Gasteiger partial charge < -0.3 is 14.0 Å². The zero-order valence-corrected chi connectivity index (χ0v) is 15.8. The van der Waals surface area contributed by atoms with E-state index in [2.05, 4.69) is 10.3 Å². The maximum absolute atomic E-state index is 12.5. The van der Waals surface area contributed by atoms with Crippen molar-refractivity contribution in [2.45, 2.75) is 52.2 Å². The van der Waals surface area contributed by atoms with Crippen LogP contribution in [0.3, 0.4) is 0 Å². The molecule has 27 heavy (non-hydrogen) atoms. The van der Waals surface area contributed by atoms with Gasteiger partial charge in [0.15, 0.2) is 17.0 Å². The molecule has 0 N–H and O–H groups in total. The predicted molar refractivity (Wildman–Crippen MR) is 101 cm³/mol. The van der Waals surface area contributed by atoms with E-state index < -0.39 is 0 Å². The number of methoxy groups -OCH3 is 1. The molecular formula is C20H23N3O4. The number of nitrogens with zero attached hydrogens (tertiary/aromatic N) is 3. The van der Waals surface area contributed by atoms with E-state index in [4.69, 9.17) is 14.0 Å². The Morgan fingerprint density at radius 1 is 1.26 bits per heavy atom. The Hall–Kier alpha value is -2.83. The fraction of sp³-hybridized carbons (Fsp3) is 0.450. The van der Waals surface area contributed by atoms with E-state index in [9.17, 15) is 4.79 Å². The third kappa shape index (κ3) is 3.07. The SMILES string of the molecule is CCn1nc(-c2ccc(OC)c(OC3CCCC3)c2)c2c(C)onc2c1=O. The molecule has 0 amide bonds. The maximum Gasteiger partial charge on any atom is 0.296 e. The van der Waals surface area contributed by atoms with E-state index >= 15 is 0 Å². The van der Waals surface area contributed by atoms with Gasteiger partial charge >= 0.3 is 0 Å². The smallest absolute Gasteiger partial charge is 0.296 e. The molecule has 3 aromatic rings. The van der Waals surface area contributed by atoms with Crippen molar-refractivity contribution in [2.75, 3.05) is 7.11 Å². The first-order valence-corrected chi connectivity index (χ1v) is 9.34. The van der Waals surface area contributed by atoms with E-state index in [-0.39, 0.29) is 11.7 Å². The van der Waals surface area contributed by atoms with Crippen LogP contribution in [0, 0.1) is 6.92 Å². The van der Waals surface area contributed by atoms with Gasteiger partial charge in [0, 0.05) is 12.1 Å². The number of rotatable bonds is 5. The topological polar surface area (TPSA) is 79.4 Å². The van der Waals surface area contributed by atoms with Crippen molar-refractivity contribution >= 4 is 10.9 Å². The highest BCUT2D eigenvalue weighted by Crippen LogP contribution is 2.36. The van der Waals surface area contributed by atoms with Gasteiger partial charge in [-0.1, -0.05) is 5.16 Å². The highest BCUT2D eigenvalue weighted by molar-refractivity contribution is 5.93. The number of hydrogen-bond acceptors (Lipinski definition) is 6. The summed E-state index contributed by atoms with van der Waals surface area (Å²) in [6.45, 7) is 4.12. The lowest BCUT2D eigenvalue weighted by atomic mass is 10.1. The average Bonchev–Trinajstić information content (AvgIpc) is 3.33. The molecule has 1 aromatic carbocycles. The zero-order chi connectivity index (χ0) is 19.0. The Balaban J connectivity index is 1.87. The molecular weight excluding hydrogens is 346 g/mol. The number of benzene rings is 1. The fourth-order valence-corrected chi connectivity index (χ4v) is 3.65. The second-order valence-electron chi connectivity index (χ2n) is 6.82. The minimum absolute atomic E-state index is 0.212. The van der Waals surface area contributed by atoms with Crippen LogP contribution in [0.2, 0.25) is 0 Å². The molecule has 2 heterocycles. The first-order chi connectivity index (χ1) is 13.1. The zero-order valence-electron chi connectivity index (χ0n) is 15.8. The number of aryl methyl sites for hydroxylation is 2. The van der Waals surface area contributed by atoms with Gasteiger partial charge in [-0.2, -0.15) is 5.10 Å². The molecule has 4 rings (SSSR count). The Bertz CT molecular complexity index is 1030. The van der Waals surface area contributed by atoms with Gasteiger partial charge in [-0.25, -0.2) is 4.68 Å². The molecule has 1 saturated carbocycles. The minimum atomic E-state index is -0.246. The molecule has 7 nitrogen and oxygen atoms in total. The largest absolute Gasteiger partial charge is 0.493 e. The normalized spacial score (nSPS) is 14.8. The summed E-state index contributed by atoms with van der Waals surface area (Å²) in [6.07, 6.45) is 4.71. The third-order valence-electron chi connectivity index (χ3n) is 5.09. The Morgan fingerprint density at radius 2 is 2.04 bits per heavy atom. The van der Waals surface area contributed by atoms with Crippen LogP contribution in [0.1, 0.15) is 38.4 Å². The second kappa shape index (κ2) is 7.06. The Morgan fingerprint density at radius 3 is 2.74 bits per heavy atom. The average molecular weight is 369 g/mol. The van der Waals surface area contributed by atoms with Crippen molar-refractivity contribution in [3.8, 4) is 22.8 Å². The first kappa shape index (κ1) is 17.6. The van der Waals surface area contributed by atoms with Gasteiger partial charge in [-0.05, 0) is 57.7 Å². The predicted octanol–water partition coefficient (Wildman–Crippen LogP) is 3.71. The molecule has 0 spiro atoms. The van der Waals surface area contributed by atoms with Crippen LogP contribution in [-0.2, 0) is 6.54 Å². The Labute approximate surface area is 156 Å². The van der Waals surface area contributed by atoms with E-state index in [0.717, 1.165) is 18.4 Å². The standard InChI is InChI=1S/C20H23N3O4/c1-4-23-20(24)19-17(12(2)27-22-19)18(21-23)13-9-10-15(25-3)16(11-13)26-14-7-5-6-8-14/h9-11,14H,4-8H2,1-3H3. The summed E-state index contributed by atoms with van der Waals surface area (Å²) in [7, 11) is 1.63. The van der Waals surface area contributed by atoms with Crippen LogP contribution in [0.15, 0.2) is 27.5 Å². The van der Waals surface area contributed by atoms with Crippen molar-refractivity contribution in [3.05, 3.63) is 34.3 Å². The molecule has 0 atom stereocenters. The van der Waals surface area contributed by atoms with Gasteiger partial charge in [0.1, 0.15) is 11.5 Å². The maximum atomic E-state index is 12.5. The van der Waals surface area contributed by atoms with Crippen LogP contribution in [0.4, 0.5) is 0 Å². The molecule has 0 bridgehead atoms. The summed E-state index contributed by atoms with van der Waals surface area (Å²) in [4.78, 5) is 12.5. The van der Waals surface area contributed by atoms with Crippen molar-refractivity contribution < 1.29 is 14.0 Å². The molecule has 142 valence electrons.